The summed E-state index contributed by atoms with van der Waals surface area (Å²) in [4.78, 5) is 14.3. The number of nitrogens with zero attached hydrogens (tertiary/aromatic N) is 1. The number of halogens is 1. The van der Waals surface area contributed by atoms with E-state index in [9.17, 15) is 4.79 Å². The number of hydrogen-bond acceptors (Lipinski definition) is 1. The first-order chi connectivity index (χ1) is 7.24. The fourth-order valence-corrected chi connectivity index (χ4v) is 3.33. The Kier molecular flexibility index (Phi) is 3.55. The maximum Gasteiger partial charge on any atom is 0.226 e. The molecule has 0 aromatic rings. The van der Waals surface area contributed by atoms with Gasteiger partial charge in [-0.15, -0.1) is 11.6 Å². The van der Waals surface area contributed by atoms with Crippen molar-refractivity contribution in [2.45, 2.75) is 45.1 Å². The van der Waals surface area contributed by atoms with Crippen LogP contribution >= 0.6 is 11.6 Å². The smallest absolute Gasteiger partial charge is 0.226 e. The summed E-state index contributed by atoms with van der Waals surface area (Å²) in [7, 11) is 0. The van der Waals surface area contributed by atoms with E-state index in [2.05, 4.69) is 6.92 Å². The van der Waals surface area contributed by atoms with Gasteiger partial charge in [-0.1, -0.05) is 13.3 Å². The number of alkyl halides is 1. The molecule has 0 spiro atoms. The molecule has 1 saturated heterocycles. The van der Waals surface area contributed by atoms with Gasteiger partial charge in [0.1, 0.15) is 0 Å². The fourth-order valence-electron chi connectivity index (χ4n) is 3.01. The van der Waals surface area contributed by atoms with Crippen molar-refractivity contribution < 1.29 is 4.79 Å². The van der Waals surface area contributed by atoms with Crippen LogP contribution in [0, 0.1) is 11.8 Å². The lowest BCUT2D eigenvalue weighted by Gasteiger charge is -2.27. The van der Waals surface area contributed by atoms with Gasteiger partial charge in [-0.2, -0.15) is 0 Å². The largest absolute Gasteiger partial charge is 0.338 e. The Hall–Kier alpha value is -0.240. The van der Waals surface area contributed by atoms with E-state index in [1.54, 1.807) is 0 Å². The van der Waals surface area contributed by atoms with Crippen LogP contribution in [0.3, 0.4) is 0 Å². The van der Waals surface area contributed by atoms with Crippen molar-refractivity contribution in [3.8, 4) is 0 Å². The molecule has 3 unspecified atom stereocenters. The van der Waals surface area contributed by atoms with Gasteiger partial charge in [-0.3, -0.25) is 4.79 Å². The number of rotatable bonds is 2. The van der Waals surface area contributed by atoms with Crippen molar-refractivity contribution >= 4 is 17.5 Å². The van der Waals surface area contributed by atoms with Crippen molar-refractivity contribution in [3.05, 3.63) is 0 Å². The lowest BCUT2D eigenvalue weighted by Crippen LogP contribution is -2.41. The summed E-state index contributed by atoms with van der Waals surface area (Å²) in [6.07, 6.45) is 5.75. The van der Waals surface area contributed by atoms with Crippen LogP contribution in [0.4, 0.5) is 0 Å². The van der Waals surface area contributed by atoms with Gasteiger partial charge in [0.2, 0.25) is 5.91 Å². The summed E-state index contributed by atoms with van der Waals surface area (Å²) in [6, 6.07) is 0.312. The summed E-state index contributed by atoms with van der Waals surface area (Å²) in [5.41, 5.74) is 0. The number of carbonyl (C=O) groups is 1. The van der Waals surface area contributed by atoms with E-state index in [0.29, 0.717) is 23.7 Å². The summed E-state index contributed by atoms with van der Waals surface area (Å²) < 4.78 is 0. The molecule has 0 aromatic carbocycles. The van der Waals surface area contributed by atoms with Crippen LogP contribution in [0.25, 0.3) is 0 Å². The zero-order chi connectivity index (χ0) is 10.8. The Balaban J connectivity index is 2.00. The molecule has 1 aliphatic carbocycles. The SMILES string of the molecule is CC1CCCC1C(=O)N1CCCC1CCl. The lowest BCUT2D eigenvalue weighted by atomic mass is 9.96. The van der Waals surface area contributed by atoms with E-state index in [1.165, 1.54) is 12.8 Å². The van der Waals surface area contributed by atoms with Crippen LogP contribution in [0.5, 0.6) is 0 Å². The minimum Gasteiger partial charge on any atom is -0.338 e. The monoisotopic (exact) mass is 229 g/mol. The van der Waals surface area contributed by atoms with Crippen molar-refractivity contribution in [2.24, 2.45) is 11.8 Å². The molecule has 0 aromatic heterocycles. The van der Waals surface area contributed by atoms with Gasteiger partial charge < -0.3 is 4.90 Å². The van der Waals surface area contributed by atoms with Crippen molar-refractivity contribution in [3.63, 3.8) is 0 Å². The average molecular weight is 230 g/mol. The van der Waals surface area contributed by atoms with Gasteiger partial charge in [-0.25, -0.2) is 0 Å². The minimum atomic E-state index is 0.286. The molecule has 1 saturated carbocycles. The topological polar surface area (TPSA) is 20.3 Å². The van der Waals surface area contributed by atoms with E-state index in [1.807, 2.05) is 4.90 Å². The molecule has 2 nitrogen and oxygen atoms in total. The number of amides is 1. The van der Waals surface area contributed by atoms with E-state index in [0.717, 1.165) is 25.8 Å². The van der Waals surface area contributed by atoms with E-state index in [-0.39, 0.29) is 5.92 Å². The average Bonchev–Trinajstić information content (AvgIpc) is 2.84. The molecular weight excluding hydrogens is 210 g/mol. The van der Waals surface area contributed by atoms with Crippen molar-refractivity contribution in [1.29, 1.82) is 0 Å². The van der Waals surface area contributed by atoms with E-state index < -0.39 is 0 Å². The quantitative estimate of drug-likeness (QED) is 0.667. The highest BCUT2D eigenvalue weighted by Gasteiger charge is 2.36. The van der Waals surface area contributed by atoms with Crippen LogP contribution < -0.4 is 0 Å². The van der Waals surface area contributed by atoms with E-state index >= 15 is 0 Å². The molecule has 0 radical (unpaired) electrons. The fraction of sp³-hybridized carbons (Fsp3) is 0.917. The Bertz CT molecular complexity index is 244. The van der Waals surface area contributed by atoms with Crippen LogP contribution in [0.2, 0.25) is 0 Å². The van der Waals surface area contributed by atoms with Gasteiger partial charge in [0, 0.05) is 24.4 Å². The molecule has 2 aliphatic rings. The van der Waals surface area contributed by atoms with Crippen LogP contribution in [0.1, 0.15) is 39.0 Å². The van der Waals surface area contributed by atoms with Gasteiger partial charge >= 0.3 is 0 Å². The second-order valence-corrected chi connectivity index (χ2v) is 5.31. The third-order valence-electron chi connectivity index (χ3n) is 4.02. The highest BCUT2D eigenvalue weighted by Crippen LogP contribution is 2.34. The molecule has 2 fully saturated rings. The Morgan fingerprint density at radius 2 is 2.13 bits per heavy atom. The molecule has 2 rings (SSSR count). The van der Waals surface area contributed by atoms with Gasteiger partial charge in [0.25, 0.3) is 0 Å². The third-order valence-corrected chi connectivity index (χ3v) is 4.37. The summed E-state index contributed by atoms with van der Waals surface area (Å²) >= 11 is 5.90. The second kappa shape index (κ2) is 4.73. The molecule has 1 amide bonds. The number of hydrogen-bond donors (Lipinski definition) is 0. The van der Waals surface area contributed by atoms with Gasteiger partial charge in [-0.05, 0) is 31.6 Å². The zero-order valence-electron chi connectivity index (χ0n) is 9.42. The van der Waals surface area contributed by atoms with Gasteiger partial charge in [0.15, 0.2) is 0 Å². The van der Waals surface area contributed by atoms with Crippen LogP contribution in [-0.4, -0.2) is 29.3 Å². The molecule has 15 heavy (non-hydrogen) atoms. The Morgan fingerprint density at radius 3 is 2.73 bits per heavy atom. The third kappa shape index (κ3) is 2.15. The van der Waals surface area contributed by atoms with Crippen LogP contribution in [-0.2, 0) is 4.79 Å². The predicted molar refractivity (Wildman–Crippen MR) is 62.0 cm³/mol. The molecule has 0 bridgehead atoms. The lowest BCUT2D eigenvalue weighted by molar-refractivity contribution is -0.136. The molecule has 1 heterocycles. The molecule has 0 N–H and O–H groups in total. The Labute approximate surface area is 97.0 Å². The highest BCUT2D eigenvalue weighted by molar-refractivity contribution is 6.18. The maximum atomic E-state index is 12.3. The number of carbonyl (C=O) groups excluding carboxylic acids is 1. The summed E-state index contributed by atoms with van der Waals surface area (Å²) in [5, 5.41) is 0. The number of likely N-dealkylation sites (tertiary alicyclic amines) is 1. The molecule has 3 atom stereocenters. The highest BCUT2D eigenvalue weighted by atomic mass is 35.5. The Morgan fingerprint density at radius 1 is 1.33 bits per heavy atom. The molecular formula is C12H20ClNO. The molecule has 1 aliphatic heterocycles. The second-order valence-electron chi connectivity index (χ2n) is 5.00. The first kappa shape index (κ1) is 11.3. The predicted octanol–water partition coefficient (Wildman–Crippen LogP) is 2.65. The van der Waals surface area contributed by atoms with E-state index in [4.69, 9.17) is 11.6 Å². The van der Waals surface area contributed by atoms with Gasteiger partial charge in [0.05, 0.1) is 0 Å². The van der Waals surface area contributed by atoms with Crippen molar-refractivity contribution in [2.75, 3.05) is 12.4 Å². The molecule has 3 heteroatoms. The first-order valence-electron chi connectivity index (χ1n) is 6.10. The maximum absolute atomic E-state index is 12.3. The standard InChI is InChI=1S/C12H20ClNO/c1-9-4-2-6-11(9)12(15)14-7-3-5-10(14)8-13/h9-11H,2-8H2,1H3. The normalized spacial score (nSPS) is 36.1. The molecule has 86 valence electrons. The zero-order valence-corrected chi connectivity index (χ0v) is 10.2. The van der Waals surface area contributed by atoms with Crippen molar-refractivity contribution in [1.82, 2.24) is 4.90 Å². The first-order valence-corrected chi connectivity index (χ1v) is 6.64. The summed E-state index contributed by atoms with van der Waals surface area (Å²) in [6.45, 7) is 3.14. The minimum absolute atomic E-state index is 0.286. The van der Waals surface area contributed by atoms with Crippen LogP contribution in [0.15, 0.2) is 0 Å². The summed E-state index contributed by atoms with van der Waals surface area (Å²) in [5.74, 6) is 1.85.